The van der Waals surface area contributed by atoms with Crippen LogP contribution in [0.5, 0.6) is 0 Å². The van der Waals surface area contributed by atoms with Gasteiger partial charge >= 0.3 is 0 Å². The molecule has 0 aliphatic rings. The van der Waals surface area contributed by atoms with Gasteiger partial charge in [0.25, 0.3) is 0 Å². The van der Waals surface area contributed by atoms with Crippen molar-refractivity contribution in [1.29, 1.82) is 0 Å². The zero-order chi connectivity index (χ0) is 16.4. The number of aryl methyl sites for hydroxylation is 1. The molecule has 0 atom stereocenters. The molecule has 0 bridgehead atoms. The standard InChI is InChI=1S/C21H17N3/c1-15-6-2-4-8-18(15)19-11-17-7-3-5-9-20(17)24-21(19)10-16-12-22-14-23-13-16/h2-9,11-14H,10H2,1H3. The number of pyridine rings is 1. The van der Waals surface area contributed by atoms with E-state index >= 15 is 0 Å². The molecule has 2 aromatic heterocycles. The summed E-state index contributed by atoms with van der Waals surface area (Å²) in [4.78, 5) is 13.2. The Balaban J connectivity index is 1.92. The van der Waals surface area contributed by atoms with Gasteiger partial charge in [0, 0.05) is 29.8 Å². The summed E-state index contributed by atoms with van der Waals surface area (Å²) in [6, 6.07) is 18.9. The molecule has 0 radical (unpaired) electrons. The molecule has 3 nitrogen and oxygen atoms in total. The Morgan fingerprint density at radius 1 is 0.833 bits per heavy atom. The summed E-state index contributed by atoms with van der Waals surface area (Å²) in [6.07, 6.45) is 5.98. The molecule has 2 aromatic carbocycles. The van der Waals surface area contributed by atoms with E-state index in [0.717, 1.165) is 28.6 Å². The smallest absolute Gasteiger partial charge is 0.115 e. The first kappa shape index (κ1) is 14.5. The van der Waals surface area contributed by atoms with Crippen molar-refractivity contribution in [3.05, 3.63) is 90.1 Å². The van der Waals surface area contributed by atoms with Crippen LogP contribution in [0.3, 0.4) is 0 Å². The number of nitrogens with zero attached hydrogens (tertiary/aromatic N) is 3. The highest BCUT2D eigenvalue weighted by Gasteiger charge is 2.12. The molecular formula is C21H17N3. The fourth-order valence-electron chi connectivity index (χ4n) is 3.01. The van der Waals surface area contributed by atoms with Crippen LogP contribution >= 0.6 is 0 Å². The number of fused-ring (bicyclic) bond motifs is 1. The third-order valence-electron chi connectivity index (χ3n) is 4.22. The number of hydrogen-bond acceptors (Lipinski definition) is 3. The fraction of sp³-hybridized carbons (Fsp3) is 0.0952. The molecule has 3 heteroatoms. The molecule has 0 amide bonds. The van der Waals surface area contributed by atoms with Crippen LogP contribution in [0.15, 0.2) is 73.3 Å². The molecule has 0 N–H and O–H groups in total. The van der Waals surface area contributed by atoms with Crippen LogP contribution in [0, 0.1) is 6.92 Å². The summed E-state index contributed by atoms with van der Waals surface area (Å²) in [5.41, 5.74) is 6.79. The molecular weight excluding hydrogens is 294 g/mol. The van der Waals surface area contributed by atoms with E-state index in [-0.39, 0.29) is 0 Å². The van der Waals surface area contributed by atoms with E-state index in [2.05, 4.69) is 65.4 Å². The van der Waals surface area contributed by atoms with Gasteiger partial charge in [0.1, 0.15) is 6.33 Å². The Labute approximate surface area is 141 Å². The molecule has 0 aliphatic heterocycles. The van der Waals surface area contributed by atoms with E-state index in [1.807, 2.05) is 18.5 Å². The molecule has 4 rings (SSSR count). The van der Waals surface area contributed by atoms with Crippen molar-refractivity contribution in [3.8, 4) is 11.1 Å². The van der Waals surface area contributed by atoms with Crippen LogP contribution in [0.2, 0.25) is 0 Å². The largest absolute Gasteiger partial charge is 0.252 e. The average molecular weight is 311 g/mol. The second-order valence-electron chi connectivity index (χ2n) is 5.91. The maximum absolute atomic E-state index is 4.93. The SMILES string of the molecule is Cc1ccccc1-c1cc2ccccc2nc1Cc1cncnc1. The molecule has 4 aromatic rings. The summed E-state index contributed by atoms with van der Waals surface area (Å²) in [5, 5.41) is 1.16. The van der Waals surface area contributed by atoms with Gasteiger partial charge in [0.2, 0.25) is 0 Å². The first-order valence-electron chi connectivity index (χ1n) is 8.00. The lowest BCUT2D eigenvalue weighted by Crippen LogP contribution is -1.99. The van der Waals surface area contributed by atoms with Crippen molar-refractivity contribution in [2.24, 2.45) is 0 Å². The average Bonchev–Trinajstić information content (AvgIpc) is 2.63. The van der Waals surface area contributed by atoms with Gasteiger partial charge in [-0.15, -0.1) is 0 Å². The van der Waals surface area contributed by atoms with Crippen LogP contribution in [0.25, 0.3) is 22.0 Å². The minimum Gasteiger partial charge on any atom is -0.252 e. The van der Waals surface area contributed by atoms with Crippen molar-refractivity contribution >= 4 is 10.9 Å². The Bertz CT molecular complexity index is 994. The van der Waals surface area contributed by atoms with Crippen LogP contribution in [0.1, 0.15) is 16.8 Å². The molecule has 24 heavy (non-hydrogen) atoms. The van der Waals surface area contributed by atoms with E-state index in [9.17, 15) is 0 Å². The molecule has 0 fully saturated rings. The van der Waals surface area contributed by atoms with Gasteiger partial charge in [-0.25, -0.2) is 9.97 Å². The number of benzene rings is 2. The van der Waals surface area contributed by atoms with Crippen molar-refractivity contribution in [2.75, 3.05) is 0 Å². The van der Waals surface area contributed by atoms with E-state index < -0.39 is 0 Å². The van der Waals surface area contributed by atoms with Crippen molar-refractivity contribution < 1.29 is 0 Å². The summed E-state index contributed by atoms with van der Waals surface area (Å²) >= 11 is 0. The molecule has 0 unspecified atom stereocenters. The maximum Gasteiger partial charge on any atom is 0.115 e. The highest BCUT2D eigenvalue weighted by molar-refractivity contribution is 5.85. The lowest BCUT2D eigenvalue weighted by molar-refractivity contribution is 1.04. The van der Waals surface area contributed by atoms with Crippen LogP contribution in [-0.4, -0.2) is 15.0 Å². The van der Waals surface area contributed by atoms with Gasteiger partial charge < -0.3 is 0 Å². The highest BCUT2D eigenvalue weighted by Crippen LogP contribution is 2.30. The number of aromatic nitrogens is 3. The first-order valence-corrected chi connectivity index (χ1v) is 8.00. The lowest BCUT2D eigenvalue weighted by Gasteiger charge is -2.13. The Morgan fingerprint density at radius 3 is 2.42 bits per heavy atom. The highest BCUT2D eigenvalue weighted by atomic mass is 14.8. The number of para-hydroxylation sites is 1. The van der Waals surface area contributed by atoms with Gasteiger partial charge in [-0.3, -0.25) is 4.98 Å². The van der Waals surface area contributed by atoms with Crippen molar-refractivity contribution in [3.63, 3.8) is 0 Å². The Kier molecular flexibility index (Phi) is 3.75. The summed E-state index contributed by atoms with van der Waals surface area (Å²) in [7, 11) is 0. The third kappa shape index (κ3) is 2.76. The maximum atomic E-state index is 4.93. The summed E-state index contributed by atoms with van der Waals surface area (Å²) < 4.78 is 0. The predicted octanol–water partition coefficient (Wildman–Crippen LogP) is 4.59. The minimum absolute atomic E-state index is 0.718. The third-order valence-corrected chi connectivity index (χ3v) is 4.22. The molecule has 0 saturated heterocycles. The van der Waals surface area contributed by atoms with Gasteiger partial charge in [-0.1, -0.05) is 42.5 Å². The van der Waals surface area contributed by atoms with E-state index in [4.69, 9.17) is 4.98 Å². The predicted molar refractivity (Wildman–Crippen MR) is 96.8 cm³/mol. The van der Waals surface area contributed by atoms with Crippen molar-refractivity contribution in [1.82, 2.24) is 15.0 Å². The normalized spacial score (nSPS) is 10.9. The minimum atomic E-state index is 0.718. The zero-order valence-electron chi connectivity index (χ0n) is 13.5. The Morgan fingerprint density at radius 2 is 1.58 bits per heavy atom. The molecule has 116 valence electrons. The van der Waals surface area contributed by atoms with Gasteiger partial charge in [-0.05, 0) is 35.7 Å². The fourth-order valence-corrected chi connectivity index (χ4v) is 3.01. The first-order chi connectivity index (χ1) is 11.8. The van der Waals surface area contributed by atoms with Crippen LogP contribution in [-0.2, 0) is 6.42 Å². The lowest BCUT2D eigenvalue weighted by atomic mass is 9.95. The van der Waals surface area contributed by atoms with Gasteiger partial charge in [-0.2, -0.15) is 0 Å². The van der Waals surface area contributed by atoms with E-state index in [1.165, 1.54) is 16.7 Å². The van der Waals surface area contributed by atoms with Crippen molar-refractivity contribution in [2.45, 2.75) is 13.3 Å². The summed E-state index contributed by atoms with van der Waals surface area (Å²) in [5.74, 6) is 0. The summed E-state index contributed by atoms with van der Waals surface area (Å²) in [6.45, 7) is 2.14. The van der Waals surface area contributed by atoms with Crippen LogP contribution in [0.4, 0.5) is 0 Å². The number of rotatable bonds is 3. The molecule has 2 heterocycles. The second kappa shape index (κ2) is 6.20. The van der Waals surface area contributed by atoms with E-state index in [0.29, 0.717) is 0 Å². The Hall–Kier alpha value is -3.07. The van der Waals surface area contributed by atoms with Gasteiger partial charge in [0.15, 0.2) is 0 Å². The molecule has 0 saturated carbocycles. The number of hydrogen-bond donors (Lipinski definition) is 0. The zero-order valence-corrected chi connectivity index (χ0v) is 13.5. The quantitative estimate of drug-likeness (QED) is 0.555. The molecule has 0 aliphatic carbocycles. The molecule has 0 spiro atoms. The second-order valence-corrected chi connectivity index (χ2v) is 5.91. The van der Waals surface area contributed by atoms with E-state index in [1.54, 1.807) is 6.33 Å². The topological polar surface area (TPSA) is 38.7 Å². The monoisotopic (exact) mass is 311 g/mol. The van der Waals surface area contributed by atoms with Gasteiger partial charge in [0.05, 0.1) is 11.2 Å². The van der Waals surface area contributed by atoms with Crippen LogP contribution < -0.4 is 0 Å².